The van der Waals surface area contributed by atoms with Gasteiger partial charge in [0.25, 0.3) is 5.56 Å². The number of aromatic amines is 1. The summed E-state index contributed by atoms with van der Waals surface area (Å²) in [6, 6.07) is 20.0. The van der Waals surface area contributed by atoms with E-state index in [0.717, 1.165) is 12.1 Å². The fraction of sp³-hybridized carbons (Fsp3) is 0.111. The van der Waals surface area contributed by atoms with Gasteiger partial charge in [-0.25, -0.2) is 0 Å². The predicted octanol–water partition coefficient (Wildman–Crippen LogP) is 5.39. The van der Waals surface area contributed by atoms with E-state index in [-0.39, 0.29) is 29.4 Å². The largest absolute Gasteiger partial charge is 0.457 e. The van der Waals surface area contributed by atoms with Crippen molar-refractivity contribution in [1.29, 1.82) is 0 Å². The second-order valence-electron chi connectivity index (χ2n) is 8.61. The molecular weight excluding hydrogens is 515 g/mol. The molecule has 0 saturated heterocycles. The molecule has 1 aliphatic rings. The molecule has 3 aromatic carbocycles. The van der Waals surface area contributed by atoms with Crippen LogP contribution in [0.25, 0.3) is 0 Å². The van der Waals surface area contributed by atoms with E-state index in [0.29, 0.717) is 17.2 Å². The van der Waals surface area contributed by atoms with Crippen molar-refractivity contribution < 1.29 is 27.5 Å². The first-order chi connectivity index (χ1) is 18.7. The van der Waals surface area contributed by atoms with Crippen LogP contribution in [0.4, 0.5) is 36.3 Å². The van der Waals surface area contributed by atoms with E-state index in [1.165, 1.54) is 12.1 Å². The van der Waals surface area contributed by atoms with Gasteiger partial charge in [0.2, 0.25) is 17.8 Å². The molecule has 0 spiro atoms. The minimum Gasteiger partial charge on any atom is -0.457 e. The van der Waals surface area contributed by atoms with E-state index in [9.17, 15) is 27.6 Å². The summed E-state index contributed by atoms with van der Waals surface area (Å²) >= 11 is 0. The van der Waals surface area contributed by atoms with Gasteiger partial charge >= 0.3 is 6.18 Å². The number of para-hydroxylation sites is 1. The van der Waals surface area contributed by atoms with E-state index in [1.54, 1.807) is 36.4 Å². The molecule has 1 atom stereocenters. The molecule has 0 saturated carbocycles. The van der Waals surface area contributed by atoms with E-state index in [4.69, 9.17) is 4.74 Å². The van der Waals surface area contributed by atoms with Crippen LogP contribution in [-0.4, -0.2) is 21.8 Å². The van der Waals surface area contributed by atoms with Crippen molar-refractivity contribution in [3.63, 3.8) is 0 Å². The van der Waals surface area contributed by atoms with Gasteiger partial charge in [0.15, 0.2) is 0 Å². The number of fused-ring (bicyclic) bond motifs is 1. The zero-order chi connectivity index (χ0) is 27.6. The molecule has 0 unspecified atom stereocenters. The highest BCUT2D eigenvalue weighted by Crippen LogP contribution is 2.33. The van der Waals surface area contributed by atoms with Crippen LogP contribution in [0, 0.1) is 0 Å². The smallest absolute Gasteiger partial charge is 0.416 e. The molecule has 4 N–H and O–H groups in total. The molecule has 0 fully saturated rings. The van der Waals surface area contributed by atoms with Crippen LogP contribution in [0.2, 0.25) is 0 Å². The summed E-state index contributed by atoms with van der Waals surface area (Å²) in [6.45, 7) is 0. The third kappa shape index (κ3) is 5.90. The van der Waals surface area contributed by atoms with Crippen LogP contribution in [0.5, 0.6) is 11.5 Å². The van der Waals surface area contributed by atoms with Gasteiger partial charge in [-0.1, -0.05) is 24.3 Å². The molecule has 39 heavy (non-hydrogen) atoms. The Labute approximate surface area is 219 Å². The van der Waals surface area contributed by atoms with Crippen molar-refractivity contribution >= 4 is 35.0 Å². The van der Waals surface area contributed by atoms with Crippen LogP contribution in [0.1, 0.15) is 23.5 Å². The Hall–Kier alpha value is -5.13. The molecule has 5 rings (SSSR count). The summed E-state index contributed by atoms with van der Waals surface area (Å²) in [4.78, 5) is 44.9. The van der Waals surface area contributed by atoms with Crippen LogP contribution >= 0.6 is 0 Å². The van der Waals surface area contributed by atoms with Crippen molar-refractivity contribution in [2.24, 2.45) is 0 Å². The number of hydrogen-bond donors (Lipinski definition) is 4. The lowest BCUT2D eigenvalue weighted by molar-refractivity contribution is -0.137. The fourth-order valence-corrected chi connectivity index (χ4v) is 4.02. The number of amides is 2. The molecule has 1 aromatic heterocycles. The maximum atomic E-state index is 13.1. The number of anilines is 4. The minimum atomic E-state index is -4.56. The monoisotopic (exact) mass is 535 g/mol. The number of aromatic nitrogens is 2. The zero-order valence-electron chi connectivity index (χ0n) is 20.0. The Kier molecular flexibility index (Phi) is 6.75. The second-order valence-corrected chi connectivity index (χ2v) is 8.61. The van der Waals surface area contributed by atoms with Gasteiger partial charge in [0.05, 0.1) is 17.0 Å². The van der Waals surface area contributed by atoms with Crippen molar-refractivity contribution in [1.82, 2.24) is 9.97 Å². The van der Waals surface area contributed by atoms with Crippen LogP contribution < -0.4 is 26.2 Å². The van der Waals surface area contributed by atoms with Gasteiger partial charge in [-0.3, -0.25) is 19.4 Å². The fourth-order valence-electron chi connectivity index (χ4n) is 4.02. The molecular formula is C27H20F3N5O4. The third-order valence-corrected chi connectivity index (χ3v) is 5.82. The standard InChI is InChI=1S/C27H20F3N5O4/c28-27(29,30)15-5-4-6-17(13-15)32-26-34-23-22(25(38)35-26)20(14-21(36)33-23)24(37)31-16-9-11-19(12-10-16)39-18-7-2-1-3-8-18/h1-13,20H,14H2,(H,31,37)(H3,32,33,34,35,36,38)/t20-/m0/s1. The maximum Gasteiger partial charge on any atom is 0.416 e. The van der Waals surface area contributed by atoms with Gasteiger partial charge in [0, 0.05) is 17.8 Å². The Morgan fingerprint density at radius 3 is 2.36 bits per heavy atom. The van der Waals surface area contributed by atoms with Crippen molar-refractivity contribution in [2.45, 2.75) is 18.5 Å². The number of ether oxygens (including phenoxy) is 1. The second kappa shape index (κ2) is 10.3. The Balaban J connectivity index is 1.33. The van der Waals surface area contributed by atoms with Crippen molar-refractivity contribution in [3.8, 4) is 11.5 Å². The number of hydrogen-bond acceptors (Lipinski definition) is 6. The SMILES string of the molecule is O=C1C[C@H](C(=O)Nc2ccc(Oc3ccccc3)cc2)c2c(nc(Nc3cccc(C(F)(F)F)c3)[nH]c2=O)N1. The number of rotatable bonds is 6. The Bertz CT molecular complexity index is 1590. The highest BCUT2D eigenvalue weighted by Gasteiger charge is 2.35. The molecule has 198 valence electrons. The summed E-state index contributed by atoms with van der Waals surface area (Å²) in [5, 5.41) is 7.74. The number of H-pyrrole nitrogens is 1. The topological polar surface area (TPSA) is 125 Å². The number of alkyl halides is 3. The third-order valence-electron chi connectivity index (χ3n) is 5.82. The van der Waals surface area contributed by atoms with Crippen LogP contribution in [0.15, 0.2) is 83.7 Å². The van der Waals surface area contributed by atoms with Crippen LogP contribution in [-0.2, 0) is 15.8 Å². The van der Waals surface area contributed by atoms with Gasteiger partial charge < -0.3 is 20.7 Å². The van der Waals surface area contributed by atoms with Crippen molar-refractivity contribution in [2.75, 3.05) is 16.0 Å². The summed E-state index contributed by atoms with van der Waals surface area (Å²) in [6.07, 6.45) is -4.85. The zero-order valence-corrected chi connectivity index (χ0v) is 20.0. The maximum absolute atomic E-state index is 13.1. The molecule has 2 amide bonds. The van der Waals surface area contributed by atoms with Crippen LogP contribution in [0.3, 0.4) is 0 Å². The lowest BCUT2D eigenvalue weighted by Crippen LogP contribution is -2.36. The van der Waals surface area contributed by atoms with Gasteiger partial charge in [0.1, 0.15) is 17.3 Å². The molecule has 2 heterocycles. The van der Waals surface area contributed by atoms with E-state index in [1.807, 2.05) is 18.2 Å². The van der Waals surface area contributed by atoms with Gasteiger partial charge in [-0.2, -0.15) is 18.2 Å². The highest BCUT2D eigenvalue weighted by molar-refractivity contribution is 6.04. The van der Waals surface area contributed by atoms with Crippen molar-refractivity contribution in [3.05, 3.63) is 100 Å². The molecule has 9 nitrogen and oxygen atoms in total. The molecule has 0 aliphatic carbocycles. The normalized spacial score (nSPS) is 14.6. The number of nitrogens with zero attached hydrogens (tertiary/aromatic N) is 1. The molecule has 1 aliphatic heterocycles. The summed E-state index contributed by atoms with van der Waals surface area (Å²) in [7, 11) is 0. The van der Waals surface area contributed by atoms with Gasteiger partial charge in [-0.15, -0.1) is 0 Å². The first-order valence-electron chi connectivity index (χ1n) is 11.7. The van der Waals surface area contributed by atoms with E-state index < -0.39 is 35.0 Å². The quantitative estimate of drug-likeness (QED) is 0.262. The first kappa shape index (κ1) is 25.5. The molecule has 0 bridgehead atoms. The van der Waals surface area contributed by atoms with Gasteiger partial charge in [-0.05, 0) is 54.6 Å². The Morgan fingerprint density at radius 2 is 1.64 bits per heavy atom. The highest BCUT2D eigenvalue weighted by atomic mass is 19.4. The number of carbonyl (C=O) groups is 2. The Morgan fingerprint density at radius 1 is 0.923 bits per heavy atom. The number of nitrogens with one attached hydrogen (secondary N) is 4. The minimum absolute atomic E-state index is 0.0176. The lowest BCUT2D eigenvalue weighted by Gasteiger charge is -2.23. The van der Waals surface area contributed by atoms with E-state index in [2.05, 4.69) is 25.9 Å². The van der Waals surface area contributed by atoms with E-state index >= 15 is 0 Å². The lowest BCUT2D eigenvalue weighted by atomic mass is 9.92. The summed E-state index contributed by atoms with van der Waals surface area (Å²) < 4.78 is 44.8. The predicted molar refractivity (Wildman–Crippen MR) is 137 cm³/mol. The first-order valence-corrected chi connectivity index (χ1v) is 11.7. The molecule has 4 aromatic rings. The average Bonchev–Trinajstić information content (AvgIpc) is 2.89. The average molecular weight is 535 g/mol. The summed E-state index contributed by atoms with van der Waals surface area (Å²) in [5.41, 5.74) is -1.24. The number of carbonyl (C=O) groups excluding carboxylic acids is 2. The molecule has 0 radical (unpaired) electrons. The summed E-state index contributed by atoms with van der Waals surface area (Å²) in [5.74, 6) is -1.46. The number of benzene rings is 3. The number of halogens is 3. The molecule has 12 heteroatoms.